The zero-order valence-corrected chi connectivity index (χ0v) is 13.2. The van der Waals surface area contributed by atoms with Crippen molar-refractivity contribution in [2.24, 2.45) is 0 Å². The van der Waals surface area contributed by atoms with Crippen LogP contribution in [0, 0.1) is 0 Å². The van der Waals surface area contributed by atoms with Crippen LogP contribution in [-0.4, -0.2) is 26.9 Å². The van der Waals surface area contributed by atoms with E-state index in [1.165, 1.54) is 11.3 Å². The van der Waals surface area contributed by atoms with Crippen LogP contribution in [0.1, 0.15) is 25.3 Å². The van der Waals surface area contributed by atoms with E-state index < -0.39 is 16.0 Å². The van der Waals surface area contributed by atoms with Crippen molar-refractivity contribution in [2.75, 3.05) is 6.54 Å². The quantitative estimate of drug-likeness (QED) is 0.891. The molecule has 0 aliphatic rings. The van der Waals surface area contributed by atoms with Gasteiger partial charge in [-0.05, 0) is 25.5 Å². The highest BCUT2D eigenvalue weighted by molar-refractivity contribution is 7.85. The van der Waals surface area contributed by atoms with E-state index in [2.05, 4.69) is 10.3 Å². The van der Waals surface area contributed by atoms with Gasteiger partial charge in [-0.1, -0.05) is 19.1 Å². The highest BCUT2D eigenvalue weighted by atomic mass is 32.2. The first-order valence-electron chi connectivity index (χ1n) is 6.61. The molecule has 0 spiro atoms. The lowest BCUT2D eigenvalue weighted by molar-refractivity contribution is -0.120. The van der Waals surface area contributed by atoms with E-state index in [4.69, 9.17) is 0 Å². The SMILES string of the molecule is CCCNC(=O)[C@H](C)[S@@](=O)Cc1nc2ccccc2s1. The van der Waals surface area contributed by atoms with Crippen molar-refractivity contribution in [3.05, 3.63) is 29.3 Å². The maximum Gasteiger partial charge on any atom is 0.235 e. The first-order chi connectivity index (χ1) is 9.61. The largest absolute Gasteiger partial charge is 0.355 e. The summed E-state index contributed by atoms with van der Waals surface area (Å²) in [6, 6.07) is 7.83. The van der Waals surface area contributed by atoms with Gasteiger partial charge in [0.1, 0.15) is 10.3 Å². The molecule has 1 aromatic heterocycles. The molecule has 0 bridgehead atoms. The van der Waals surface area contributed by atoms with Crippen LogP contribution in [0.4, 0.5) is 0 Å². The minimum atomic E-state index is -1.24. The summed E-state index contributed by atoms with van der Waals surface area (Å²) in [5, 5.41) is 3.09. The molecule has 0 unspecified atom stereocenters. The third-order valence-electron chi connectivity index (χ3n) is 2.92. The van der Waals surface area contributed by atoms with Crippen molar-refractivity contribution in [3.63, 3.8) is 0 Å². The molecular formula is C14H18N2O2S2. The molecule has 0 aliphatic heterocycles. The van der Waals surface area contributed by atoms with Crippen LogP contribution < -0.4 is 5.32 Å². The monoisotopic (exact) mass is 310 g/mol. The van der Waals surface area contributed by atoms with Crippen molar-refractivity contribution < 1.29 is 9.00 Å². The third-order valence-corrected chi connectivity index (χ3v) is 5.70. The maximum absolute atomic E-state index is 12.2. The number of carbonyl (C=O) groups is 1. The topological polar surface area (TPSA) is 59.1 Å². The van der Waals surface area contributed by atoms with E-state index in [-0.39, 0.29) is 5.91 Å². The van der Waals surface area contributed by atoms with E-state index in [0.717, 1.165) is 21.6 Å². The van der Waals surface area contributed by atoms with E-state index in [1.807, 2.05) is 31.2 Å². The Balaban J connectivity index is 2.01. The van der Waals surface area contributed by atoms with Gasteiger partial charge < -0.3 is 5.32 Å². The summed E-state index contributed by atoms with van der Waals surface area (Å²) < 4.78 is 13.3. The van der Waals surface area contributed by atoms with Gasteiger partial charge >= 0.3 is 0 Å². The number of carbonyl (C=O) groups excluding carboxylic acids is 1. The number of amides is 1. The summed E-state index contributed by atoms with van der Waals surface area (Å²) in [6.07, 6.45) is 0.878. The van der Waals surface area contributed by atoms with Crippen LogP contribution in [0.25, 0.3) is 10.2 Å². The fourth-order valence-electron chi connectivity index (χ4n) is 1.74. The van der Waals surface area contributed by atoms with Crippen LogP contribution in [0.3, 0.4) is 0 Å². The molecule has 1 N–H and O–H groups in total. The van der Waals surface area contributed by atoms with Gasteiger partial charge in [-0.2, -0.15) is 0 Å². The zero-order valence-electron chi connectivity index (χ0n) is 11.6. The smallest absolute Gasteiger partial charge is 0.235 e. The molecule has 0 aliphatic carbocycles. The van der Waals surface area contributed by atoms with Gasteiger partial charge in [0.25, 0.3) is 0 Å². The average molecular weight is 310 g/mol. The molecule has 1 heterocycles. The third kappa shape index (κ3) is 3.64. The molecule has 20 heavy (non-hydrogen) atoms. The Bertz CT molecular complexity index is 591. The maximum atomic E-state index is 12.2. The number of hydrogen-bond donors (Lipinski definition) is 1. The molecule has 0 saturated carbocycles. The van der Waals surface area contributed by atoms with Crippen LogP contribution in [0.2, 0.25) is 0 Å². The molecule has 2 atom stereocenters. The number of rotatable bonds is 6. The Morgan fingerprint density at radius 3 is 2.90 bits per heavy atom. The second-order valence-electron chi connectivity index (χ2n) is 4.53. The number of nitrogens with one attached hydrogen (secondary N) is 1. The molecule has 2 rings (SSSR count). The first-order valence-corrected chi connectivity index (χ1v) is 8.81. The Kier molecular flexibility index (Phi) is 5.25. The number of nitrogens with zero attached hydrogens (tertiary/aromatic N) is 1. The normalized spacial score (nSPS) is 14.1. The number of para-hydroxylation sites is 1. The van der Waals surface area contributed by atoms with Crippen molar-refractivity contribution in [1.82, 2.24) is 10.3 Å². The van der Waals surface area contributed by atoms with E-state index >= 15 is 0 Å². The highest BCUT2D eigenvalue weighted by Gasteiger charge is 2.20. The summed E-state index contributed by atoms with van der Waals surface area (Å²) >= 11 is 1.54. The van der Waals surface area contributed by atoms with E-state index in [9.17, 15) is 9.00 Å². The molecular weight excluding hydrogens is 292 g/mol. The van der Waals surface area contributed by atoms with Crippen LogP contribution in [0.5, 0.6) is 0 Å². The summed E-state index contributed by atoms with van der Waals surface area (Å²) in [6.45, 7) is 4.32. The second kappa shape index (κ2) is 6.95. The molecule has 108 valence electrons. The molecule has 0 fully saturated rings. The van der Waals surface area contributed by atoms with Crippen molar-refractivity contribution >= 4 is 38.3 Å². The summed E-state index contributed by atoms with van der Waals surface area (Å²) in [7, 11) is -1.24. The Morgan fingerprint density at radius 2 is 2.20 bits per heavy atom. The lowest BCUT2D eigenvalue weighted by Crippen LogP contribution is -2.36. The average Bonchev–Trinajstić information content (AvgIpc) is 2.85. The van der Waals surface area contributed by atoms with Crippen molar-refractivity contribution in [1.29, 1.82) is 0 Å². The lowest BCUT2D eigenvalue weighted by atomic mass is 10.3. The molecule has 1 aromatic carbocycles. The number of fused-ring (bicyclic) bond motifs is 1. The Hall–Kier alpha value is -1.27. The predicted octanol–water partition coefficient (Wildman–Crippen LogP) is 2.46. The van der Waals surface area contributed by atoms with Gasteiger partial charge in [0, 0.05) is 17.3 Å². The molecule has 6 heteroatoms. The lowest BCUT2D eigenvalue weighted by Gasteiger charge is -2.10. The predicted molar refractivity (Wildman–Crippen MR) is 84.2 cm³/mol. The Morgan fingerprint density at radius 1 is 1.45 bits per heavy atom. The highest BCUT2D eigenvalue weighted by Crippen LogP contribution is 2.23. The minimum absolute atomic E-state index is 0.147. The van der Waals surface area contributed by atoms with Gasteiger partial charge in [-0.3, -0.25) is 9.00 Å². The van der Waals surface area contributed by atoms with Gasteiger partial charge in [-0.25, -0.2) is 4.98 Å². The van der Waals surface area contributed by atoms with Crippen LogP contribution in [0.15, 0.2) is 24.3 Å². The number of benzene rings is 1. The van der Waals surface area contributed by atoms with E-state index in [1.54, 1.807) is 6.92 Å². The second-order valence-corrected chi connectivity index (χ2v) is 7.41. The number of hydrogen-bond acceptors (Lipinski definition) is 4. The van der Waals surface area contributed by atoms with Gasteiger partial charge in [-0.15, -0.1) is 11.3 Å². The summed E-state index contributed by atoms with van der Waals surface area (Å²) in [5.41, 5.74) is 0.924. The molecule has 4 nitrogen and oxygen atoms in total. The van der Waals surface area contributed by atoms with Gasteiger partial charge in [0.2, 0.25) is 5.91 Å². The van der Waals surface area contributed by atoms with Gasteiger partial charge in [0.05, 0.1) is 16.0 Å². The molecule has 0 saturated heterocycles. The minimum Gasteiger partial charge on any atom is -0.355 e. The van der Waals surface area contributed by atoms with Gasteiger partial charge in [0.15, 0.2) is 0 Å². The zero-order chi connectivity index (χ0) is 14.5. The standard InChI is InChI=1S/C14H18N2O2S2/c1-3-8-15-14(17)10(2)20(18)9-13-16-11-6-4-5-7-12(11)19-13/h4-7,10H,3,8-9H2,1-2H3,(H,15,17)/t10-,20-/m0/s1. The van der Waals surface area contributed by atoms with Crippen molar-refractivity contribution in [2.45, 2.75) is 31.3 Å². The summed E-state index contributed by atoms with van der Waals surface area (Å²) in [4.78, 5) is 16.2. The molecule has 2 aromatic rings. The number of thiazole rings is 1. The van der Waals surface area contributed by atoms with Crippen molar-refractivity contribution in [3.8, 4) is 0 Å². The fraction of sp³-hybridized carbons (Fsp3) is 0.429. The Labute approximate surface area is 125 Å². The molecule has 1 amide bonds. The van der Waals surface area contributed by atoms with Crippen LogP contribution >= 0.6 is 11.3 Å². The summed E-state index contributed by atoms with van der Waals surface area (Å²) in [5.74, 6) is 0.186. The first kappa shape index (κ1) is 15.1. The van der Waals surface area contributed by atoms with E-state index in [0.29, 0.717) is 12.3 Å². The number of aromatic nitrogens is 1. The molecule has 0 radical (unpaired) electrons. The fourth-order valence-corrected chi connectivity index (χ4v) is 3.97. The van der Waals surface area contributed by atoms with Crippen LogP contribution in [-0.2, 0) is 21.3 Å².